The second kappa shape index (κ2) is 8.90. The van der Waals surface area contributed by atoms with E-state index in [9.17, 15) is 0 Å². The molecule has 0 aromatic heterocycles. The Labute approximate surface area is 111 Å². The summed E-state index contributed by atoms with van der Waals surface area (Å²) >= 11 is 0. The molecule has 2 heteroatoms. The first-order valence-electron chi connectivity index (χ1n) is 6.84. The maximum atomic E-state index is 5.93. The second-order valence-corrected chi connectivity index (χ2v) is 4.37. The van der Waals surface area contributed by atoms with Crippen LogP contribution in [-0.4, -0.2) is 19.2 Å². The average molecular weight is 247 g/mol. The van der Waals surface area contributed by atoms with Gasteiger partial charge in [0.25, 0.3) is 0 Å². The van der Waals surface area contributed by atoms with Crippen LogP contribution in [0.4, 0.5) is 0 Å². The molecule has 0 heterocycles. The zero-order chi connectivity index (χ0) is 13.2. The van der Waals surface area contributed by atoms with Crippen molar-refractivity contribution in [3.05, 3.63) is 48.6 Å². The van der Waals surface area contributed by atoms with Gasteiger partial charge in [-0.2, -0.15) is 0 Å². The predicted molar refractivity (Wildman–Crippen MR) is 77.7 cm³/mol. The SMILES string of the molecule is C=CCC(NCCC)C(OCC)c1ccccc1. The van der Waals surface area contributed by atoms with E-state index in [4.69, 9.17) is 4.74 Å². The third-order valence-corrected chi connectivity index (χ3v) is 2.92. The Bertz CT molecular complexity index is 323. The van der Waals surface area contributed by atoms with Gasteiger partial charge in [0.05, 0.1) is 6.10 Å². The fourth-order valence-electron chi connectivity index (χ4n) is 2.09. The van der Waals surface area contributed by atoms with E-state index < -0.39 is 0 Å². The zero-order valence-electron chi connectivity index (χ0n) is 11.6. The molecule has 0 saturated carbocycles. The van der Waals surface area contributed by atoms with Gasteiger partial charge < -0.3 is 10.1 Å². The molecule has 1 rings (SSSR count). The van der Waals surface area contributed by atoms with Crippen molar-refractivity contribution in [1.29, 1.82) is 0 Å². The predicted octanol–water partition coefficient (Wildman–Crippen LogP) is 3.71. The Hall–Kier alpha value is -1.12. The third kappa shape index (κ3) is 4.63. The molecule has 0 amide bonds. The normalized spacial score (nSPS) is 14.1. The summed E-state index contributed by atoms with van der Waals surface area (Å²) in [7, 11) is 0. The van der Waals surface area contributed by atoms with Gasteiger partial charge in [0, 0.05) is 12.6 Å². The molecule has 0 radical (unpaired) electrons. The minimum Gasteiger partial charge on any atom is -0.372 e. The molecule has 1 N–H and O–H groups in total. The van der Waals surface area contributed by atoms with Crippen molar-refractivity contribution in [2.45, 2.75) is 38.8 Å². The van der Waals surface area contributed by atoms with Crippen molar-refractivity contribution < 1.29 is 4.74 Å². The van der Waals surface area contributed by atoms with Gasteiger partial charge in [0.15, 0.2) is 0 Å². The number of benzene rings is 1. The van der Waals surface area contributed by atoms with E-state index in [1.54, 1.807) is 0 Å². The monoisotopic (exact) mass is 247 g/mol. The van der Waals surface area contributed by atoms with Gasteiger partial charge in [-0.25, -0.2) is 0 Å². The second-order valence-electron chi connectivity index (χ2n) is 4.37. The first kappa shape index (κ1) is 14.9. The summed E-state index contributed by atoms with van der Waals surface area (Å²) < 4.78 is 5.93. The Morgan fingerprint density at radius 2 is 2.00 bits per heavy atom. The number of rotatable bonds is 9. The van der Waals surface area contributed by atoms with Crippen molar-refractivity contribution in [2.75, 3.05) is 13.2 Å². The molecule has 1 aromatic carbocycles. The molecule has 0 aliphatic carbocycles. The van der Waals surface area contributed by atoms with Gasteiger partial charge in [-0.05, 0) is 31.9 Å². The highest BCUT2D eigenvalue weighted by Crippen LogP contribution is 2.23. The first-order valence-corrected chi connectivity index (χ1v) is 6.84. The van der Waals surface area contributed by atoms with E-state index in [-0.39, 0.29) is 6.10 Å². The van der Waals surface area contributed by atoms with E-state index in [0.717, 1.165) is 26.0 Å². The molecule has 2 nitrogen and oxygen atoms in total. The molecule has 18 heavy (non-hydrogen) atoms. The lowest BCUT2D eigenvalue weighted by Crippen LogP contribution is -2.36. The first-order chi connectivity index (χ1) is 8.83. The Kier molecular flexibility index (Phi) is 7.38. The maximum Gasteiger partial charge on any atom is 0.0980 e. The van der Waals surface area contributed by atoms with Crippen LogP contribution < -0.4 is 5.32 Å². The zero-order valence-corrected chi connectivity index (χ0v) is 11.6. The highest BCUT2D eigenvalue weighted by Gasteiger charge is 2.21. The van der Waals surface area contributed by atoms with Crippen molar-refractivity contribution in [3.8, 4) is 0 Å². The van der Waals surface area contributed by atoms with E-state index in [0.29, 0.717) is 6.04 Å². The third-order valence-electron chi connectivity index (χ3n) is 2.92. The van der Waals surface area contributed by atoms with Crippen LogP contribution in [0.5, 0.6) is 0 Å². The van der Waals surface area contributed by atoms with Gasteiger partial charge in [-0.3, -0.25) is 0 Å². The largest absolute Gasteiger partial charge is 0.372 e. The number of nitrogens with one attached hydrogen (secondary N) is 1. The summed E-state index contributed by atoms with van der Waals surface area (Å²) in [4.78, 5) is 0. The molecule has 0 aliphatic heterocycles. The van der Waals surface area contributed by atoms with Gasteiger partial charge in [0.1, 0.15) is 0 Å². The molecule has 0 aliphatic rings. The van der Waals surface area contributed by atoms with Crippen LogP contribution >= 0.6 is 0 Å². The molecular formula is C16H25NO. The van der Waals surface area contributed by atoms with Crippen molar-refractivity contribution >= 4 is 0 Å². The molecule has 0 saturated heterocycles. The molecule has 0 bridgehead atoms. The van der Waals surface area contributed by atoms with Crippen LogP contribution in [-0.2, 0) is 4.74 Å². The lowest BCUT2D eigenvalue weighted by Gasteiger charge is -2.27. The fraction of sp³-hybridized carbons (Fsp3) is 0.500. The van der Waals surface area contributed by atoms with Gasteiger partial charge >= 0.3 is 0 Å². The Morgan fingerprint density at radius 3 is 2.56 bits per heavy atom. The van der Waals surface area contributed by atoms with Crippen LogP contribution in [0.2, 0.25) is 0 Å². The molecule has 2 atom stereocenters. The van der Waals surface area contributed by atoms with Gasteiger partial charge in [-0.15, -0.1) is 6.58 Å². The molecule has 1 aromatic rings. The van der Waals surface area contributed by atoms with Crippen molar-refractivity contribution in [1.82, 2.24) is 5.32 Å². The summed E-state index contributed by atoms with van der Waals surface area (Å²) in [5, 5.41) is 3.56. The van der Waals surface area contributed by atoms with E-state index in [2.05, 4.69) is 43.1 Å². The van der Waals surface area contributed by atoms with Crippen molar-refractivity contribution in [2.24, 2.45) is 0 Å². The highest BCUT2D eigenvalue weighted by molar-refractivity contribution is 5.19. The quantitative estimate of drug-likeness (QED) is 0.672. The summed E-state index contributed by atoms with van der Waals surface area (Å²) in [5.74, 6) is 0. The Balaban J connectivity index is 2.81. The fourth-order valence-corrected chi connectivity index (χ4v) is 2.09. The molecule has 2 unspecified atom stereocenters. The van der Waals surface area contributed by atoms with E-state index in [1.165, 1.54) is 5.56 Å². The molecule has 100 valence electrons. The number of hydrogen-bond acceptors (Lipinski definition) is 2. The topological polar surface area (TPSA) is 21.3 Å². The molecular weight excluding hydrogens is 222 g/mol. The number of ether oxygens (including phenoxy) is 1. The highest BCUT2D eigenvalue weighted by atomic mass is 16.5. The van der Waals surface area contributed by atoms with E-state index in [1.807, 2.05) is 19.1 Å². The van der Waals surface area contributed by atoms with Crippen LogP contribution in [0.15, 0.2) is 43.0 Å². The smallest absolute Gasteiger partial charge is 0.0980 e. The van der Waals surface area contributed by atoms with E-state index >= 15 is 0 Å². The lowest BCUT2D eigenvalue weighted by atomic mass is 9.99. The average Bonchev–Trinajstić information content (AvgIpc) is 2.42. The lowest BCUT2D eigenvalue weighted by molar-refractivity contribution is 0.0339. The number of hydrogen-bond donors (Lipinski definition) is 1. The van der Waals surface area contributed by atoms with Crippen LogP contribution in [0, 0.1) is 0 Å². The summed E-state index contributed by atoms with van der Waals surface area (Å²) in [6, 6.07) is 10.7. The summed E-state index contributed by atoms with van der Waals surface area (Å²) in [6.45, 7) is 9.80. The van der Waals surface area contributed by atoms with Crippen LogP contribution in [0.1, 0.15) is 38.4 Å². The summed E-state index contributed by atoms with van der Waals surface area (Å²) in [5.41, 5.74) is 1.23. The minimum atomic E-state index is 0.0979. The van der Waals surface area contributed by atoms with Crippen LogP contribution in [0.3, 0.4) is 0 Å². The minimum absolute atomic E-state index is 0.0979. The summed E-state index contributed by atoms with van der Waals surface area (Å²) in [6.07, 6.45) is 4.10. The van der Waals surface area contributed by atoms with Crippen molar-refractivity contribution in [3.63, 3.8) is 0 Å². The Morgan fingerprint density at radius 1 is 1.28 bits per heavy atom. The molecule has 0 spiro atoms. The molecule has 0 fully saturated rings. The van der Waals surface area contributed by atoms with Gasteiger partial charge in [-0.1, -0.05) is 43.3 Å². The standard InChI is InChI=1S/C16H25NO/c1-4-10-15(17-13-5-2)16(18-6-3)14-11-8-7-9-12-14/h4,7-9,11-12,15-17H,1,5-6,10,13H2,2-3H3. The van der Waals surface area contributed by atoms with Gasteiger partial charge in [0.2, 0.25) is 0 Å². The maximum absolute atomic E-state index is 5.93. The van der Waals surface area contributed by atoms with Crippen LogP contribution in [0.25, 0.3) is 0 Å².